The topological polar surface area (TPSA) is 29.4 Å². The summed E-state index contributed by atoms with van der Waals surface area (Å²) in [6, 6.07) is 0.156. The van der Waals surface area contributed by atoms with Gasteiger partial charge in [0.25, 0.3) is 0 Å². The first kappa shape index (κ1) is 12.1. The number of rotatable bonds is 5. The van der Waals surface area contributed by atoms with Crippen LogP contribution in [0.4, 0.5) is 0 Å². The smallest absolute Gasteiger partial charge is 0.0981 e. The van der Waals surface area contributed by atoms with Gasteiger partial charge < -0.3 is 0 Å². The van der Waals surface area contributed by atoms with Crippen LogP contribution in [0.3, 0.4) is 0 Å². The maximum atomic E-state index is 11.1. The third-order valence-electron chi connectivity index (χ3n) is 4.92. The molecule has 0 heterocycles. The minimum atomic E-state index is 0.156. The molecule has 0 amide bonds. The maximum absolute atomic E-state index is 11.1. The molecule has 16 heavy (non-hydrogen) atoms. The Morgan fingerprint density at radius 2 is 1.75 bits per heavy atom. The summed E-state index contributed by atoms with van der Waals surface area (Å²) in [5.74, 6) is 2.89. The van der Waals surface area contributed by atoms with Gasteiger partial charge in [-0.1, -0.05) is 38.3 Å². The van der Waals surface area contributed by atoms with E-state index in [0.29, 0.717) is 11.8 Å². The molecule has 2 nitrogen and oxygen atoms in total. The molecule has 0 bridgehead atoms. The number of nitrogens with zero attached hydrogens (tertiary/aromatic N) is 1. The minimum Gasteiger partial charge on any atom is -0.150 e. The zero-order valence-corrected chi connectivity index (χ0v) is 10.7. The van der Waals surface area contributed by atoms with E-state index >= 15 is 0 Å². The number of fused-ring (bicyclic) bond motifs is 1. The molecule has 0 radical (unpaired) electrons. The summed E-state index contributed by atoms with van der Waals surface area (Å²) < 4.78 is 0. The molecule has 2 fully saturated rings. The second-order valence-corrected chi connectivity index (χ2v) is 5.84. The van der Waals surface area contributed by atoms with Crippen LogP contribution in [0.2, 0.25) is 0 Å². The SMILES string of the molecule is CCCC1CC2CCC(CCC)C2C1N=O. The molecule has 0 spiro atoms. The molecular formula is C14H25NO. The van der Waals surface area contributed by atoms with E-state index in [1.165, 1.54) is 44.9 Å². The largest absolute Gasteiger partial charge is 0.150 e. The van der Waals surface area contributed by atoms with Crippen molar-refractivity contribution < 1.29 is 0 Å². The molecular weight excluding hydrogens is 198 g/mol. The fourth-order valence-electron chi connectivity index (χ4n) is 4.40. The van der Waals surface area contributed by atoms with E-state index in [1.807, 2.05) is 0 Å². The van der Waals surface area contributed by atoms with Gasteiger partial charge in [-0.3, -0.25) is 0 Å². The lowest BCUT2D eigenvalue weighted by Gasteiger charge is -2.23. The summed E-state index contributed by atoms with van der Waals surface area (Å²) in [7, 11) is 0. The summed E-state index contributed by atoms with van der Waals surface area (Å²) in [6.45, 7) is 4.48. The van der Waals surface area contributed by atoms with Crippen molar-refractivity contribution in [3.8, 4) is 0 Å². The summed E-state index contributed by atoms with van der Waals surface area (Å²) in [4.78, 5) is 11.1. The monoisotopic (exact) mass is 223 g/mol. The van der Waals surface area contributed by atoms with Crippen molar-refractivity contribution in [3.05, 3.63) is 4.91 Å². The summed E-state index contributed by atoms with van der Waals surface area (Å²) in [6.07, 6.45) is 8.99. The van der Waals surface area contributed by atoms with Crippen molar-refractivity contribution in [3.63, 3.8) is 0 Å². The van der Waals surface area contributed by atoms with E-state index in [1.54, 1.807) is 0 Å². The highest BCUT2D eigenvalue weighted by molar-refractivity contribution is 5.01. The van der Waals surface area contributed by atoms with Gasteiger partial charge in [0.15, 0.2) is 0 Å². The Hall–Kier alpha value is -0.400. The predicted octanol–water partition coefficient (Wildman–Crippen LogP) is 4.38. The lowest BCUT2D eigenvalue weighted by molar-refractivity contribution is 0.284. The van der Waals surface area contributed by atoms with E-state index in [2.05, 4.69) is 19.0 Å². The fourth-order valence-corrected chi connectivity index (χ4v) is 4.40. The van der Waals surface area contributed by atoms with Gasteiger partial charge in [-0.2, -0.15) is 4.91 Å². The lowest BCUT2D eigenvalue weighted by atomic mass is 9.84. The lowest BCUT2D eigenvalue weighted by Crippen LogP contribution is -2.24. The standard InChI is InChI=1S/C14H25NO/c1-3-5-10-7-8-11-9-12(6-4-2)14(15-16)13(10)11/h10-14H,3-9H2,1-2H3. The number of hydrogen-bond acceptors (Lipinski definition) is 2. The molecule has 0 N–H and O–H groups in total. The molecule has 2 aliphatic rings. The summed E-state index contributed by atoms with van der Waals surface area (Å²) in [5, 5.41) is 3.51. The Balaban J connectivity index is 2.06. The third-order valence-corrected chi connectivity index (χ3v) is 4.92. The number of hydrogen-bond donors (Lipinski definition) is 0. The zero-order valence-electron chi connectivity index (χ0n) is 10.7. The summed E-state index contributed by atoms with van der Waals surface area (Å²) in [5.41, 5.74) is 0. The van der Waals surface area contributed by atoms with Crippen LogP contribution in [0.25, 0.3) is 0 Å². The van der Waals surface area contributed by atoms with Crippen LogP contribution < -0.4 is 0 Å². The Morgan fingerprint density at radius 1 is 1.06 bits per heavy atom. The van der Waals surface area contributed by atoms with Crippen LogP contribution in [-0.2, 0) is 0 Å². The number of nitroso groups, excluding NO2 is 1. The van der Waals surface area contributed by atoms with E-state index < -0.39 is 0 Å². The van der Waals surface area contributed by atoms with E-state index in [4.69, 9.17) is 0 Å². The molecule has 0 aromatic rings. The molecule has 0 aliphatic heterocycles. The third kappa shape index (κ3) is 2.03. The molecule has 92 valence electrons. The van der Waals surface area contributed by atoms with E-state index in [0.717, 1.165) is 11.8 Å². The van der Waals surface area contributed by atoms with Crippen molar-refractivity contribution in [1.82, 2.24) is 0 Å². The second kappa shape index (κ2) is 5.29. The van der Waals surface area contributed by atoms with Crippen molar-refractivity contribution in [2.45, 2.75) is 64.8 Å². The first-order valence-electron chi connectivity index (χ1n) is 7.14. The van der Waals surface area contributed by atoms with Crippen molar-refractivity contribution in [1.29, 1.82) is 0 Å². The van der Waals surface area contributed by atoms with Crippen LogP contribution in [0, 0.1) is 28.6 Å². The second-order valence-electron chi connectivity index (χ2n) is 5.84. The Labute approximate surface area is 99.2 Å². The molecule has 5 atom stereocenters. The average molecular weight is 223 g/mol. The molecule has 2 saturated carbocycles. The van der Waals surface area contributed by atoms with Crippen molar-refractivity contribution in [2.24, 2.45) is 28.8 Å². The minimum absolute atomic E-state index is 0.156. The maximum Gasteiger partial charge on any atom is 0.0981 e. The molecule has 0 saturated heterocycles. The van der Waals surface area contributed by atoms with Crippen LogP contribution >= 0.6 is 0 Å². The first-order chi connectivity index (χ1) is 7.81. The fraction of sp³-hybridized carbons (Fsp3) is 1.00. The van der Waals surface area contributed by atoms with Gasteiger partial charge in [0, 0.05) is 0 Å². The van der Waals surface area contributed by atoms with Crippen LogP contribution in [0.1, 0.15) is 58.8 Å². The van der Waals surface area contributed by atoms with Gasteiger partial charge >= 0.3 is 0 Å². The predicted molar refractivity (Wildman–Crippen MR) is 67.2 cm³/mol. The highest BCUT2D eigenvalue weighted by atomic mass is 16.3. The Morgan fingerprint density at radius 3 is 2.38 bits per heavy atom. The van der Waals surface area contributed by atoms with Crippen LogP contribution in [-0.4, -0.2) is 6.04 Å². The highest BCUT2D eigenvalue weighted by Crippen LogP contribution is 2.53. The normalized spacial score (nSPS) is 42.2. The summed E-state index contributed by atoms with van der Waals surface area (Å²) >= 11 is 0. The van der Waals surface area contributed by atoms with Gasteiger partial charge in [-0.25, -0.2) is 0 Å². The molecule has 0 aromatic heterocycles. The molecule has 5 unspecified atom stereocenters. The highest BCUT2D eigenvalue weighted by Gasteiger charge is 2.50. The van der Waals surface area contributed by atoms with E-state index in [9.17, 15) is 4.91 Å². The zero-order chi connectivity index (χ0) is 11.5. The quantitative estimate of drug-likeness (QED) is 0.636. The van der Waals surface area contributed by atoms with Gasteiger partial charge in [-0.05, 0) is 49.4 Å². The van der Waals surface area contributed by atoms with Crippen molar-refractivity contribution >= 4 is 0 Å². The van der Waals surface area contributed by atoms with Crippen molar-refractivity contribution in [2.75, 3.05) is 0 Å². The molecule has 0 aromatic carbocycles. The van der Waals surface area contributed by atoms with Gasteiger partial charge in [-0.15, -0.1) is 0 Å². The van der Waals surface area contributed by atoms with Crippen LogP contribution in [0.5, 0.6) is 0 Å². The molecule has 2 aliphatic carbocycles. The average Bonchev–Trinajstić information content (AvgIpc) is 2.79. The molecule has 2 heteroatoms. The van der Waals surface area contributed by atoms with Gasteiger partial charge in [0.2, 0.25) is 0 Å². The Kier molecular flexibility index (Phi) is 3.99. The Bertz CT molecular complexity index is 239. The van der Waals surface area contributed by atoms with Gasteiger partial charge in [0.05, 0.1) is 6.04 Å². The molecule has 2 rings (SSSR count). The van der Waals surface area contributed by atoms with Crippen LogP contribution in [0.15, 0.2) is 5.18 Å². The first-order valence-corrected chi connectivity index (χ1v) is 7.14. The van der Waals surface area contributed by atoms with Gasteiger partial charge in [0.1, 0.15) is 0 Å². The van der Waals surface area contributed by atoms with E-state index in [-0.39, 0.29) is 6.04 Å².